The molecule has 3 nitrogen and oxygen atoms in total. The Kier molecular flexibility index (Phi) is 7.67. The van der Waals surface area contributed by atoms with Crippen molar-refractivity contribution in [2.45, 2.75) is 13.3 Å². The minimum absolute atomic E-state index is 0.823. The Labute approximate surface area is 115 Å². The highest BCUT2D eigenvalue weighted by Gasteiger charge is 2.18. The average molecular weight is 306 g/mol. The van der Waals surface area contributed by atoms with Gasteiger partial charge in [0.05, 0.1) is 0 Å². The molecule has 1 atom stereocenters. The van der Waals surface area contributed by atoms with E-state index < -0.39 is 0 Å². The highest BCUT2D eigenvalue weighted by molar-refractivity contribution is 9.09. The highest BCUT2D eigenvalue weighted by Crippen LogP contribution is 2.11. The van der Waals surface area contributed by atoms with Gasteiger partial charge in [0.15, 0.2) is 0 Å². The Hall–Kier alpha value is 0.360. The van der Waals surface area contributed by atoms with E-state index >= 15 is 0 Å². The molecule has 1 saturated heterocycles. The van der Waals surface area contributed by atoms with E-state index in [2.05, 4.69) is 51.6 Å². The van der Waals surface area contributed by atoms with Gasteiger partial charge in [-0.25, -0.2) is 0 Å². The normalized spacial score (nSPS) is 21.0. The molecule has 102 valence electrons. The van der Waals surface area contributed by atoms with E-state index in [0.717, 1.165) is 11.2 Å². The van der Waals surface area contributed by atoms with Gasteiger partial charge in [0.2, 0.25) is 0 Å². The molecule has 0 N–H and O–H groups in total. The van der Waals surface area contributed by atoms with Crippen molar-refractivity contribution in [2.75, 3.05) is 65.2 Å². The van der Waals surface area contributed by atoms with E-state index in [-0.39, 0.29) is 0 Å². The molecule has 0 amide bonds. The summed E-state index contributed by atoms with van der Waals surface area (Å²) in [7, 11) is 4.30. The van der Waals surface area contributed by atoms with Crippen LogP contribution in [0.5, 0.6) is 0 Å². The quantitative estimate of drug-likeness (QED) is 0.661. The number of piperazine rings is 1. The summed E-state index contributed by atoms with van der Waals surface area (Å²) in [6, 6.07) is 0. The first-order valence-corrected chi connectivity index (χ1v) is 7.93. The largest absolute Gasteiger partial charge is 0.308 e. The summed E-state index contributed by atoms with van der Waals surface area (Å²) in [6.45, 7) is 10.9. The summed E-state index contributed by atoms with van der Waals surface area (Å²) < 4.78 is 0. The van der Waals surface area contributed by atoms with Crippen LogP contribution in [0.1, 0.15) is 13.3 Å². The Morgan fingerprint density at radius 1 is 1.12 bits per heavy atom. The number of nitrogens with zero attached hydrogens (tertiary/aromatic N) is 3. The van der Waals surface area contributed by atoms with Gasteiger partial charge < -0.3 is 9.80 Å². The van der Waals surface area contributed by atoms with E-state index in [1.807, 2.05) is 0 Å². The van der Waals surface area contributed by atoms with Crippen LogP contribution >= 0.6 is 15.9 Å². The van der Waals surface area contributed by atoms with Gasteiger partial charge in [0.1, 0.15) is 0 Å². The summed E-state index contributed by atoms with van der Waals surface area (Å²) in [4.78, 5) is 7.48. The summed E-state index contributed by atoms with van der Waals surface area (Å²) in [5.74, 6) is 0.823. The van der Waals surface area contributed by atoms with E-state index in [1.165, 1.54) is 52.2 Å². The second-order valence-electron chi connectivity index (χ2n) is 5.37. The number of likely N-dealkylation sites (N-methyl/N-ethyl adjacent to an activating group) is 1. The first-order valence-electron chi connectivity index (χ1n) is 6.81. The molecule has 17 heavy (non-hydrogen) atoms. The van der Waals surface area contributed by atoms with Gasteiger partial charge in [0.25, 0.3) is 0 Å². The molecule has 1 aliphatic heterocycles. The van der Waals surface area contributed by atoms with Crippen LogP contribution in [0.2, 0.25) is 0 Å². The Balaban J connectivity index is 2.16. The number of hydrogen-bond acceptors (Lipinski definition) is 3. The number of halogens is 1. The SMILES string of the molecule is CCC(CBr)CN1CCN(CCN(C)C)CC1. The second kappa shape index (κ2) is 8.46. The summed E-state index contributed by atoms with van der Waals surface area (Å²) in [5.41, 5.74) is 0. The third kappa shape index (κ3) is 6.18. The highest BCUT2D eigenvalue weighted by atomic mass is 79.9. The lowest BCUT2D eigenvalue weighted by Gasteiger charge is -2.36. The molecule has 1 rings (SSSR count). The minimum Gasteiger partial charge on any atom is -0.308 e. The fourth-order valence-electron chi connectivity index (χ4n) is 2.19. The molecule has 0 saturated carbocycles. The summed E-state index contributed by atoms with van der Waals surface area (Å²) in [5, 5.41) is 1.14. The molecular weight excluding hydrogens is 278 g/mol. The van der Waals surface area contributed by atoms with Gasteiger partial charge >= 0.3 is 0 Å². The van der Waals surface area contributed by atoms with Gasteiger partial charge in [-0.2, -0.15) is 0 Å². The average Bonchev–Trinajstić information content (AvgIpc) is 2.34. The molecular formula is C13H28BrN3. The standard InChI is InChI=1S/C13H28BrN3/c1-4-13(11-14)12-17-9-7-16(8-10-17)6-5-15(2)3/h13H,4-12H2,1-3H3. The molecule has 0 aliphatic carbocycles. The molecule has 0 radical (unpaired) electrons. The number of hydrogen-bond donors (Lipinski definition) is 0. The lowest BCUT2D eigenvalue weighted by atomic mass is 10.1. The lowest BCUT2D eigenvalue weighted by molar-refractivity contribution is 0.114. The van der Waals surface area contributed by atoms with Crippen LogP contribution in [-0.4, -0.2) is 79.9 Å². The van der Waals surface area contributed by atoms with Gasteiger partial charge in [-0.15, -0.1) is 0 Å². The lowest BCUT2D eigenvalue weighted by Crippen LogP contribution is -2.49. The molecule has 0 spiro atoms. The van der Waals surface area contributed by atoms with Crippen molar-refractivity contribution in [2.24, 2.45) is 5.92 Å². The third-order valence-corrected chi connectivity index (χ3v) is 4.56. The molecule has 1 aliphatic rings. The maximum absolute atomic E-state index is 3.61. The molecule has 0 aromatic heterocycles. The van der Waals surface area contributed by atoms with Crippen molar-refractivity contribution in [3.05, 3.63) is 0 Å². The van der Waals surface area contributed by atoms with Crippen molar-refractivity contribution in [3.8, 4) is 0 Å². The number of alkyl halides is 1. The van der Waals surface area contributed by atoms with Crippen LogP contribution in [0.25, 0.3) is 0 Å². The van der Waals surface area contributed by atoms with E-state index in [4.69, 9.17) is 0 Å². The molecule has 4 heteroatoms. The zero-order valence-electron chi connectivity index (χ0n) is 11.7. The van der Waals surface area contributed by atoms with Gasteiger partial charge in [-0.05, 0) is 20.0 Å². The third-order valence-electron chi connectivity index (χ3n) is 3.64. The Bertz CT molecular complexity index is 187. The number of rotatable bonds is 7. The van der Waals surface area contributed by atoms with Crippen LogP contribution in [0.4, 0.5) is 0 Å². The van der Waals surface area contributed by atoms with Crippen LogP contribution in [0, 0.1) is 5.92 Å². The molecule has 1 heterocycles. The van der Waals surface area contributed by atoms with Crippen LogP contribution < -0.4 is 0 Å². The minimum atomic E-state index is 0.823. The molecule has 0 aromatic rings. The van der Waals surface area contributed by atoms with E-state index in [1.54, 1.807) is 0 Å². The first-order chi connectivity index (χ1) is 8.15. The summed E-state index contributed by atoms with van der Waals surface area (Å²) in [6.07, 6.45) is 1.28. The fraction of sp³-hybridized carbons (Fsp3) is 1.00. The zero-order chi connectivity index (χ0) is 12.7. The van der Waals surface area contributed by atoms with E-state index in [0.29, 0.717) is 0 Å². The van der Waals surface area contributed by atoms with Crippen LogP contribution in [-0.2, 0) is 0 Å². The second-order valence-corrected chi connectivity index (χ2v) is 6.02. The topological polar surface area (TPSA) is 9.72 Å². The molecule has 0 bridgehead atoms. The predicted octanol–water partition coefficient (Wildman–Crippen LogP) is 1.59. The monoisotopic (exact) mass is 305 g/mol. The van der Waals surface area contributed by atoms with Gasteiger partial charge in [-0.3, -0.25) is 4.90 Å². The van der Waals surface area contributed by atoms with Crippen molar-refractivity contribution in [3.63, 3.8) is 0 Å². The maximum atomic E-state index is 3.61. The molecule has 1 unspecified atom stereocenters. The van der Waals surface area contributed by atoms with Crippen molar-refractivity contribution >= 4 is 15.9 Å². The maximum Gasteiger partial charge on any atom is 0.0110 e. The van der Waals surface area contributed by atoms with Crippen LogP contribution in [0.3, 0.4) is 0 Å². The van der Waals surface area contributed by atoms with Crippen molar-refractivity contribution < 1.29 is 0 Å². The smallest absolute Gasteiger partial charge is 0.0110 e. The van der Waals surface area contributed by atoms with Gasteiger partial charge in [-0.1, -0.05) is 29.3 Å². The van der Waals surface area contributed by atoms with Crippen LogP contribution in [0.15, 0.2) is 0 Å². The Morgan fingerprint density at radius 3 is 2.18 bits per heavy atom. The summed E-state index contributed by atoms with van der Waals surface area (Å²) >= 11 is 3.61. The van der Waals surface area contributed by atoms with E-state index in [9.17, 15) is 0 Å². The fourth-order valence-corrected chi connectivity index (χ4v) is 2.85. The molecule has 1 fully saturated rings. The first kappa shape index (κ1) is 15.4. The van der Waals surface area contributed by atoms with Gasteiger partial charge in [0, 0.05) is 51.1 Å². The van der Waals surface area contributed by atoms with Crippen molar-refractivity contribution in [1.29, 1.82) is 0 Å². The Morgan fingerprint density at radius 2 is 1.71 bits per heavy atom. The van der Waals surface area contributed by atoms with Crippen molar-refractivity contribution in [1.82, 2.24) is 14.7 Å². The predicted molar refractivity (Wildman–Crippen MR) is 79.0 cm³/mol. The zero-order valence-corrected chi connectivity index (χ0v) is 13.2. The molecule has 0 aromatic carbocycles.